The van der Waals surface area contributed by atoms with E-state index in [1.165, 1.54) is 16.0 Å². The van der Waals surface area contributed by atoms with E-state index in [0.717, 1.165) is 31.0 Å². The number of carbonyl (C=O) groups is 1. The van der Waals surface area contributed by atoms with Crippen LogP contribution in [0.2, 0.25) is 0 Å². The van der Waals surface area contributed by atoms with Crippen molar-refractivity contribution in [3.63, 3.8) is 0 Å². The van der Waals surface area contributed by atoms with Crippen LogP contribution in [0.3, 0.4) is 0 Å². The largest absolute Gasteiger partial charge is 0.454 e. The first-order chi connectivity index (χ1) is 13.3. The molecule has 0 N–H and O–H groups in total. The maximum absolute atomic E-state index is 11.6. The molecule has 2 atom stereocenters. The highest BCUT2D eigenvalue weighted by molar-refractivity contribution is 7.99. The summed E-state index contributed by atoms with van der Waals surface area (Å²) in [4.78, 5) is 15.3. The zero-order chi connectivity index (χ0) is 18.2. The highest BCUT2D eigenvalue weighted by Gasteiger charge is 2.32. The molecule has 0 saturated carbocycles. The van der Waals surface area contributed by atoms with Gasteiger partial charge in [0, 0.05) is 35.7 Å². The predicted molar refractivity (Wildman–Crippen MR) is 105 cm³/mol. The lowest BCUT2D eigenvalue weighted by Gasteiger charge is -2.39. The average molecular weight is 379 g/mol. The van der Waals surface area contributed by atoms with Crippen LogP contribution >= 0.6 is 11.8 Å². The minimum Gasteiger partial charge on any atom is -0.454 e. The lowest BCUT2D eigenvalue weighted by Crippen LogP contribution is -2.40. The summed E-state index contributed by atoms with van der Waals surface area (Å²) in [6.45, 7) is 2.13. The topological polar surface area (TPSA) is 38.8 Å². The highest BCUT2D eigenvalue weighted by atomic mass is 32.2. The van der Waals surface area contributed by atoms with Crippen LogP contribution < -0.4 is 9.47 Å². The van der Waals surface area contributed by atoms with Crippen molar-refractivity contribution in [2.75, 3.05) is 13.3 Å². The Morgan fingerprint density at radius 2 is 1.89 bits per heavy atom. The molecule has 0 fully saturated rings. The molecular weight excluding hydrogens is 358 g/mol. The highest BCUT2D eigenvalue weighted by Crippen LogP contribution is 2.46. The smallest absolute Gasteiger partial charge is 0.231 e. The van der Waals surface area contributed by atoms with Gasteiger partial charge in [0.15, 0.2) is 17.3 Å². The van der Waals surface area contributed by atoms with E-state index in [-0.39, 0.29) is 5.78 Å². The van der Waals surface area contributed by atoms with Crippen molar-refractivity contribution in [2.45, 2.75) is 35.6 Å². The van der Waals surface area contributed by atoms with Crippen molar-refractivity contribution in [2.24, 2.45) is 0 Å². The van der Waals surface area contributed by atoms with Crippen LogP contribution in [0.5, 0.6) is 11.5 Å². The SMILES string of the molecule is O=C1C=C[C@@H](N2Cc3cc4c(cc3[C@@H](Sc3ccccc3)C2)OCO4)CC1. The van der Waals surface area contributed by atoms with E-state index in [2.05, 4.69) is 47.4 Å². The number of ketones is 1. The number of carbonyl (C=O) groups excluding carboxylic acids is 1. The van der Waals surface area contributed by atoms with E-state index in [1.807, 2.05) is 17.8 Å². The number of thioether (sulfide) groups is 1. The molecule has 2 heterocycles. The first kappa shape index (κ1) is 16.9. The molecule has 0 saturated heterocycles. The van der Waals surface area contributed by atoms with Crippen LogP contribution in [0.25, 0.3) is 0 Å². The van der Waals surface area contributed by atoms with Gasteiger partial charge in [-0.25, -0.2) is 0 Å². The summed E-state index contributed by atoms with van der Waals surface area (Å²) in [5.41, 5.74) is 2.63. The molecule has 0 bridgehead atoms. The van der Waals surface area contributed by atoms with Crippen molar-refractivity contribution in [1.29, 1.82) is 0 Å². The maximum Gasteiger partial charge on any atom is 0.231 e. The third kappa shape index (κ3) is 3.37. The molecule has 3 aliphatic rings. The fourth-order valence-corrected chi connectivity index (χ4v) is 5.30. The summed E-state index contributed by atoms with van der Waals surface area (Å²) in [6.07, 6.45) is 5.37. The number of nitrogens with zero attached hydrogens (tertiary/aromatic N) is 1. The molecule has 0 spiro atoms. The standard InChI is InChI=1S/C22H21NO3S/c24-17-8-6-16(7-9-17)23-12-15-10-20-21(26-14-25-20)11-19(15)22(13-23)27-18-4-2-1-3-5-18/h1-6,8,10-11,16,22H,7,9,12-14H2/t16-,22+/m1/s1. The van der Waals surface area contributed by atoms with Crippen LogP contribution in [-0.4, -0.2) is 30.1 Å². The first-order valence-corrected chi connectivity index (χ1v) is 10.2. The average Bonchev–Trinajstić information content (AvgIpc) is 3.15. The van der Waals surface area contributed by atoms with E-state index >= 15 is 0 Å². The van der Waals surface area contributed by atoms with Crippen molar-refractivity contribution >= 4 is 17.5 Å². The van der Waals surface area contributed by atoms with Crippen LogP contribution in [0.1, 0.15) is 29.2 Å². The van der Waals surface area contributed by atoms with Gasteiger partial charge in [-0.3, -0.25) is 9.69 Å². The van der Waals surface area contributed by atoms with Gasteiger partial charge in [-0.2, -0.15) is 0 Å². The molecule has 5 heteroatoms. The van der Waals surface area contributed by atoms with E-state index in [1.54, 1.807) is 6.08 Å². The van der Waals surface area contributed by atoms with Gasteiger partial charge in [0.25, 0.3) is 0 Å². The number of fused-ring (bicyclic) bond motifs is 2. The Hall–Kier alpha value is -2.24. The quantitative estimate of drug-likeness (QED) is 0.793. The number of allylic oxidation sites excluding steroid dienone is 1. The molecule has 138 valence electrons. The Labute approximate surface area is 163 Å². The lowest BCUT2D eigenvalue weighted by molar-refractivity contribution is -0.115. The second-order valence-electron chi connectivity index (χ2n) is 7.18. The molecular formula is C22H21NO3S. The molecule has 2 aliphatic heterocycles. The number of rotatable bonds is 3. The van der Waals surface area contributed by atoms with E-state index < -0.39 is 0 Å². The number of benzene rings is 2. The normalized spacial score (nSPS) is 24.1. The Bertz CT molecular complexity index is 896. The molecule has 27 heavy (non-hydrogen) atoms. The lowest BCUT2D eigenvalue weighted by atomic mass is 9.94. The number of ether oxygens (including phenoxy) is 2. The Morgan fingerprint density at radius 1 is 1.07 bits per heavy atom. The van der Waals surface area contributed by atoms with Gasteiger partial charge in [-0.15, -0.1) is 11.8 Å². The van der Waals surface area contributed by atoms with Gasteiger partial charge in [-0.1, -0.05) is 24.3 Å². The van der Waals surface area contributed by atoms with Crippen molar-refractivity contribution in [3.05, 3.63) is 65.7 Å². The predicted octanol–water partition coefficient (Wildman–Crippen LogP) is 4.35. The molecule has 0 aromatic heterocycles. The molecule has 0 radical (unpaired) electrons. The Kier molecular flexibility index (Phi) is 4.42. The summed E-state index contributed by atoms with van der Waals surface area (Å²) in [6, 6.07) is 15.2. The monoisotopic (exact) mass is 379 g/mol. The van der Waals surface area contributed by atoms with Gasteiger partial charge in [0.2, 0.25) is 6.79 Å². The molecule has 0 unspecified atom stereocenters. The summed E-state index contributed by atoms with van der Waals surface area (Å²) in [7, 11) is 0. The fourth-order valence-electron chi connectivity index (χ4n) is 4.04. The minimum atomic E-state index is 0.238. The second-order valence-corrected chi connectivity index (χ2v) is 8.46. The summed E-state index contributed by atoms with van der Waals surface area (Å²) in [5.74, 6) is 1.93. The molecule has 0 amide bonds. The van der Waals surface area contributed by atoms with Gasteiger partial charge in [0.05, 0.1) is 0 Å². The van der Waals surface area contributed by atoms with Gasteiger partial charge in [0.1, 0.15) is 0 Å². The molecule has 2 aromatic carbocycles. The van der Waals surface area contributed by atoms with Crippen molar-refractivity contribution < 1.29 is 14.3 Å². The van der Waals surface area contributed by atoms with Gasteiger partial charge in [-0.05, 0) is 47.9 Å². The minimum absolute atomic E-state index is 0.238. The first-order valence-electron chi connectivity index (χ1n) is 9.35. The summed E-state index contributed by atoms with van der Waals surface area (Å²) >= 11 is 1.89. The Morgan fingerprint density at radius 3 is 2.67 bits per heavy atom. The van der Waals surface area contributed by atoms with Gasteiger partial charge < -0.3 is 9.47 Å². The van der Waals surface area contributed by atoms with Crippen LogP contribution in [0.4, 0.5) is 0 Å². The molecule has 1 aliphatic carbocycles. The third-order valence-corrected chi connectivity index (χ3v) is 6.67. The van der Waals surface area contributed by atoms with Crippen molar-refractivity contribution in [3.8, 4) is 11.5 Å². The third-order valence-electron chi connectivity index (χ3n) is 5.44. The van der Waals surface area contributed by atoms with Gasteiger partial charge >= 0.3 is 0 Å². The van der Waals surface area contributed by atoms with E-state index in [0.29, 0.717) is 24.5 Å². The maximum atomic E-state index is 11.6. The van der Waals surface area contributed by atoms with Crippen LogP contribution in [0, 0.1) is 0 Å². The number of hydrogen-bond acceptors (Lipinski definition) is 5. The summed E-state index contributed by atoms with van der Waals surface area (Å²) < 4.78 is 11.2. The molecule has 5 rings (SSSR count). The zero-order valence-corrected chi connectivity index (χ0v) is 15.8. The van der Waals surface area contributed by atoms with Crippen molar-refractivity contribution in [1.82, 2.24) is 4.90 Å². The Balaban J connectivity index is 1.49. The zero-order valence-electron chi connectivity index (χ0n) is 15.0. The van der Waals surface area contributed by atoms with E-state index in [4.69, 9.17) is 9.47 Å². The van der Waals surface area contributed by atoms with E-state index in [9.17, 15) is 4.79 Å². The summed E-state index contributed by atoms with van der Waals surface area (Å²) in [5, 5.41) is 0.316. The second kappa shape index (κ2) is 7.06. The fraction of sp³-hybridized carbons (Fsp3) is 0.318. The van der Waals surface area contributed by atoms with Crippen LogP contribution in [-0.2, 0) is 11.3 Å². The number of hydrogen-bond donors (Lipinski definition) is 0. The molecule has 2 aromatic rings. The molecule has 4 nitrogen and oxygen atoms in total. The van der Waals surface area contributed by atoms with Crippen LogP contribution in [0.15, 0.2) is 59.5 Å².